The van der Waals surface area contributed by atoms with Crippen LogP contribution in [0.5, 0.6) is 5.75 Å². The summed E-state index contributed by atoms with van der Waals surface area (Å²) in [6.45, 7) is -0.0105. The Morgan fingerprint density at radius 2 is 2.17 bits per heavy atom. The fraction of sp³-hybridized carbons (Fsp3) is 0.111. The number of halogens is 1. The van der Waals surface area contributed by atoms with Crippen LogP contribution in [0.25, 0.3) is 6.08 Å². The van der Waals surface area contributed by atoms with Crippen molar-refractivity contribution in [1.82, 2.24) is 0 Å². The molecule has 0 saturated heterocycles. The minimum Gasteiger partial charge on any atom is -0.506 e. The number of aliphatic hydroxyl groups is 1. The number of rotatable bonds is 2. The highest BCUT2D eigenvalue weighted by Gasteiger charge is 1.96. The van der Waals surface area contributed by atoms with Gasteiger partial charge in [0.2, 0.25) is 0 Å². The van der Waals surface area contributed by atoms with Crippen LogP contribution in [0.1, 0.15) is 5.56 Å². The molecular formula is C9H9ClO2. The van der Waals surface area contributed by atoms with Crippen molar-refractivity contribution in [3.05, 3.63) is 34.9 Å². The second-order valence-electron chi connectivity index (χ2n) is 2.30. The molecule has 64 valence electrons. The molecule has 1 aromatic carbocycles. The lowest BCUT2D eigenvalue weighted by molar-refractivity contribution is 0.343. The number of aliphatic hydroxyl groups excluding tert-OH is 1. The molecule has 0 unspecified atom stereocenters. The molecule has 12 heavy (non-hydrogen) atoms. The average Bonchev–Trinajstić information content (AvgIpc) is 2.07. The van der Waals surface area contributed by atoms with Gasteiger partial charge in [-0.05, 0) is 17.7 Å². The zero-order valence-electron chi connectivity index (χ0n) is 6.37. The zero-order valence-corrected chi connectivity index (χ0v) is 7.12. The Morgan fingerprint density at radius 3 is 2.75 bits per heavy atom. The van der Waals surface area contributed by atoms with E-state index in [1.54, 1.807) is 24.3 Å². The molecule has 0 amide bonds. The summed E-state index contributed by atoms with van der Waals surface area (Å²) in [5, 5.41) is 18.0. The van der Waals surface area contributed by atoms with Crippen LogP contribution >= 0.6 is 11.6 Å². The maximum Gasteiger partial charge on any atom is 0.134 e. The Morgan fingerprint density at radius 1 is 1.42 bits per heavy atom. The number of phenolic OH excluding ortho intramolecular Hbond substituents is 1. The molecule has 0 aliphatic carbocycles. The quantitative estimate of drug-likeness (QED) is 0.739. The third-order valence-electron chi connectivity index (χ3n) is 1.39. The van der Waals surface area contributed by atoms with E-state index in [1.165, 1.54) is 6.07 Å². The van der Waals surface area contributed by atoms with Crippen molar-refractivity contribution >= 4 is 17.7 Å². The van der Waals surface area contributed by atoms with E-state index in [0.29, 0.717) is 5.02 Å². The second kappa shape index (κ2) is 4.14. The Hall–Kier alpha value is -0.990. The summed E-state index contributed by atoms with van der Waals surface area (Å²) in [5.74, 6) is 0.0526. The monoisotopic (exact) mass is 184 g/mol. The van der Waals surface area contributed by atoms with Gasteiger partial charge in [0.05, 0.1) is 11.6 Å². The van der Waals surface area contributed by atoms with E-state index in [0.717, 1.165) is 5.56 Å². The molecule has 1 rings (SSSR count). The van der Waals surface area contributed by atoms with Gasteiger partial charge in [-0.1, -0.05) is 29.8 Å². The smallest absolute Gasteiger partial charge is 0.134 e. The van der Waals surface area contributed by atoms with Gasteiger partial charge in [0.25, 0.3) is 0 Å². The normalized spacial score (nSPS) is 10.8. The van der Waals surface area contributed by atoms with Crippen molar-refractivity contribution in [1.29, 1.82) is 0 Å². The van der Waals surface area contributed by atoms with Gasteiger partial charge in [0, 0.05) is 0 Å². The molecule has 2 nitrogen and oxygen atoms in total. The molecule has 0 fully saturated rings. The summed E-state index contributed by atoms with van der Waals surface area (Å²) in [6.07, 6.45) is 3.29. The predicted molar refractivity (Wildman–Crippen MR) is 49.2 cm³/mol. The van der Waals surface area contributed by atoms with Gasteiger partial charge in [0.1, 0.15) is 5.75 Å². The van der Waals surface area contributed by atoms with Crippen LogP contribution in [0, 0.1) is 0 Å². The van der Waals surface area contributed by atoms with E-state index >= 15 is 0 Å². The Balaban J connectivity index is 2.89. The van der Waals surface area contributed by atoms with Crippen LogP contribution in [0.2, 0.25) is 5.02 Å². The van der Waals surface area contributed by atoms with Crippen molar-refractivity contribution in [2.24, 2.45) is 0 Å². The highest BCUT2D eigenvalue weighted by molar-refractivity contribution is 6.32. The summed E-state index contributed by atoms with van der Waals surface area (Å²) in [4.78, 5) is 0. The first-order valence-corrected chi connectivity index (χ1v) is 3.88. The number of hydrogen-bond donors (Lipinski definition) is 2. The lowest BCUT2D eigenvalue weighted by atomic mass is 10.2. The van der Waals surface area contributed by atoms with Gasteiger partial charge in [-0.15, -0.1) is 0 Å². The molecule has 0 spiro atoms. The van der Waals surface area contributed by atoms with Gasteiger partial charge in [-0.3, -0.25) is 0 Å². The van der Waals surface area contributed by atoms with Crippen LogP contribution in [-0.4, -0.2) is 16.8 Å². The van der Waals surface area contributed by atoms with Crippen molar-refractivity contribution < 1.29 is 10.2 Å². The summed E-state index contributed by atoms with van der Waals surface area (Å²) >= 11 is 5.59. The third kappa shape index (κ3) is 2.26. The molecule has 0 heterocycles. The molecule has 0 saturated carbocycles. The molecular weight excluding hydrogens is 176 g/mol. The first kappa shape index (κ1) is 9.10. The van der Waals surface area contributed by atoms with Crippen molar-refractivity contribution in [3.63, 3.8) is 0 Å². The van der Waals surface area contributed by atoms with Gasteiger partial charge in [-0.2, -0.15) is 0 Å². The van der Waals surface area contributed by atoms with Gasteiger partial charge in [-0.25, -0.2) is 0 Å². The van der Waals surface area contributed by atoms with Gasteiger partial charge >= 0.3 is 0 Å². The minimum atomic E-state index is -0.0105. The van der Waals surface area contributed by atoms with Gasteiger partial charge < -0.3 is 10.2 Å². The highest BCUT2D eigenvalue weighted by atomic mass is 35.5. The van der Waals surface area contributed by atoms with Crippen LogP contribution in [0.4, 0.5) is 0 Å². The molecule has 0 bridgehead atoms. The van der Waals surface area contributed by atoms with Crippen LogP contribution < -0.4 is 0 Å². The Labute approximate surface area is 75.7 Å². The first-order valence-electron chi connectivity index (χ1n) is 3.50. The molecule has 0 aromatic heterocycles. The lowest BCUT2D eigenvalue weighted by Gasteiger charge is -1.97. The van der Waals surface area contributed by atoms with Crippen LogP contribution in [0.3, 0.4) is 0 Å². The van der Waals surface area contributed by atoms with E-state index in [2.05, 4.69) is 0 Å². The maximum absolute atomic E-state index is 9.17. The van der Waals surface area contributed by atoms with E-state index in [1.807, 2.05) is 0 Å². The molecule has 3 heteroatoms. The fourth-order valence-corrected chi connectivity index (χ4v) is 0.940. The van der Waals surface area contributed by atoms with Crippen molar-refractivity contribution in [3.8, 4) is 5.75 Å². The molecule has 1 aromatic rings. The lowest BCUT2D eigenvalue weighted by Crippen LogP contribution is -1.75. The molecule has 0 radical (unpaired) electrons. The number of hydrogen-bond acceptors (Lipinski definition) is 2. The van der Waals surface area contributed by atoms with Crippen LogP contribution in [-0.2, 0) is 0 Å². The van der Waals surface area contributed by atoms with E-state index in [-0.39, 0.29) is 12.4 Å². The average molecular weight is 185 g/mol. The number of phenols is 1. The molecule has 2 N–H and O–H groups in total. The van der Waals surface area contributed by atoms with Gasteiger partial charge in [0.15, 0.2) is 0 Å². The summed E-state index contributed by atoms with van der Waals surface area (Å²) in [6, 6.07) is 4.90. The van der Waals surface area contributed by atoms with E-state index in [4.69, 9.17) is 16.7 Å². The summed E-state index contributed by atoms with van der Waals surface area (Å²) in [7, 11) is 0. The zero-order chi connectivity index (χ0) is 8.97. The van der Waals surface area contributed by atoms with Crippen LogP contribution in [0.15, 0.2) is 24.3 Å². The largest absolute Gasteiger partial charge is 0.506 e. The predicted octanol–water partition coefficient (Wildman–Crippen LogP) is 2.05. The first-order chi connectivity index (χ1) is 5.74. The molecule has 0 atom stereocenters. The number of benzene rings is 1. The maximum atomic E-state index is 9.17. The third-order valence-corrected chi connectivity index (χ3v) is 1.71. The Bertz CT molecular complexity index is 295. The standard InChI is InChI=1S/C9H9ClO2/c10-8-4-3-7(2-1-5-11)6-9(8)12/h1-4,6,11-12H,5H2. The number of aromatic hydroxyl groups is 1. The Kier molecular flexibility index (Phi) is 3.14. The minimum absolute atomic E-state index is 0.0105. The van der Waals surface area contributed by atoms with Crippen molar-refractivity contribution in [2.45, 2.75) is 0 Å². The summed E-state index contributed by atoms with van der Waals surface area (Å²) < 4.78 is 0. The van der Waals surface area contributed by atoms with E-state index < -0.39 is 0 Å². The second-order valence-corrected chi connectivity index (χ2v) is 2.70. The molecule has 0 aliphatic heterocycles. The van der Waals surface area contributed by atoms with E-state index in [9.17, 15) is 5.11 Å². The summed E-state index contributed by atoms with van der Waals surface area (Å²) in [5.41, 5.74) is 0.811. The highest BCUT2D eigenvalue weighted by Crippen LogP contribution is 2.23. The topological polar surface area (TPSA) is 40.5 Å². The fourth-order valence-electron chi connectivity index (χ4n) is 0.822. The molecule has 0 aliphatic rings. The SMILES string of the molecule is OCC=Cc1ccc(Cl)c(O)c1. The van der Waals surface area contributed by atoms with Crippen molar-refractivity contribution in [2.75, 3.05) is 6.61 Å².